The minimum Gasteiger partial charge on any atom is -1.00 e. The molecule has 5 nitrogen and oxygen atoms in total. The van der Waals surface area contributed by atoms with Crippen LogP contribution in [-0.4, -0.2) is 90.7 Å². The molecule has 3 saturated carbocycles. The Hall–Kier alpha value is 0.181. The van der Waals surface area contributed by atoms with Crippen LogP contribution >= 0.6 is 0 Å². The van der Waals surface area contributed by atoms with Crippen molar-refractivity contribution in [1.29, 1.82) is 0 Å². The molecule has 0 heterocycles. The van der Waals surface area contributed by atoms with Crippen molar-refractivity contribution in [3.8, 4) is 0 Å². The van der Waals surface area contributed by atoms with E-state index in [0.717, 1.165) is 18.4 Å². The quantitative estimate of drug-likeness (QED) is 0.541. The largest absolute Gasteiger partial charge is 2.00 e. The number of ketones is 2. The summed E-state index contributed by atoms with van der Waals surface area (Å²) in [6.45, 7) is 5.48. The van der Waals surface area contributed by atoms with Crippen LogP contribution < -0.4 is 0 Å². The first kappa shape index (κ1) is 22.9. The number of aliphatic hydroxyl groups is 3. The fourth-order valence-electron chi connectivity index (χ4n) is 7.34. The van der Waals surface area contributed by atoms with Gasteiger partial charge in [0, 0.05) is 16.7 Å². The first-order valence-corrected chi connectivity index (χ1v) is 10.1. The van der Waals surface area contributed by atoms with Gasteiger partial charge in [-0.15, -0.1) is 0 Å². The van der Waals surface area contributed by atoms with Crippen molar-refractivity contribution in [3.05, 3.63) is 23.8 Å². The van der Waals surface area contributed by atoms with E-state index in [1.807, 2.05) is 13.0 Å². The van der Waals surface area contributed by atoms with Gasteiger partial charge in [-0.05, 0) is 55.6 Å². The minimum absolute atomic E-state index is 0. The zero-order valence-corrected chi connectivity index (χ0v) is 20.5. The van der Waals surface area contributed by atoms with E-state index in [4.69, 9.17) is 0 Å². The van der Waals surface area contributed by atoms with Crippen molar-refractivity contribution >= 4 is 57.0 Å². The molecule has 4 rings (SSSR count). The molecule has 0 amide bonds. The molecule has 3 fully saturated rings. The van der Waals surface area contributed by atoms with Crippen LogP contribution in [0.5, 0.6) is 0 Å². The maximum atomic E-state index is 12.4. The molecule has 4 aliphatic rings. The van der Waals surface area contributed by atoms with Gasteiger partial charge in [-0.2, -0.15) is 0 Å². The standard InChI is InChI=1S/C22H30O5.Sr.2H/c1-12-8-14-15-5-7-22(27,18(26)11-23)21(15,3)10-17(25)19(14)20(2)6-4-13(24)9-16(12)20;;;/h4,6,9,12,14-15,17,19,23,25,27H,5,7-8,10-11H2,1-3H3;;;/q;+2;2*-1/t12-,14-,15-,17-,19+,20-,21-,22-;;;/m0.../s1. The van der Waals surface area contributed by atoms with Crippen LogP contribution in [0.4, 0.5) is 0 Å². The molecular formula is C22H32O5Sr. The summed E-state index contributed by atoms with van der Waals surface area (Å²) < 4.78 is 0. The Bertz CT molecular complexity index is 771. The second-order valence-corrected chi connectivity index (χ2v) is 9.72. The van der Waals surface area contributed by atoms with Crippen molar-refractivity contribution in [3.63, 3.8) is 0 Å². The molecule has 0 unspecified atom stereocenters. The van der Waals surface area contributed by atoms with Gasteiger partial charge in [0.1, 0.15) is 12.2 Å². The van der Waals surface area contributed by atoms with Gasteiger partial charge in [-0.25, -0.2) is 0 Å². The summed E-state index contributed by atoms with van der Waals surface area (Å²) in [7, 11) is 0. The number of carbonyl (C=O) groups excluding carboxylic acids is 2. The third kappa shape index (κ3) is 2.86. The van der Waals surface area contributed by atoms with Gasteiger partial charge in [-0.3, -0.25) is 9.59 Å². The fraction of sp³-hybridized carbons (Fsp3) is 0.727. The second kappa shape index (κ2) is 7.40. The molecule has 0 radical (unpaired) electrons. The van der Waals surface area contributed by atoms with E-state index < -0.39 is 29.5 Å². The predicted molar refractivity (Wildman–Crippen MR) is 108 cm³/mol. The molecule has 0 aromatic carbocycles. The summed E-state index contributed by atoms with van der Waals surface area (Å²) >= 11 is 0. The van der Waals surface area contributed by atoms with E-state index in [1.165, 1.54) is 0 Å². The Kier molecular flexibility index (Phi) is 6.04. The van der Waals surface area contributed by atoms with E-state index in [9.17, 15) is 24.9 Å². The number of hydrogen-bond donors (Lipinski definition) is 3. The Morgan fingerprint density at radius 1 is 1.36 bits per heavy atom. The normalized spacial score (nSPS) is 49.4. The van der Waals surface area contributed by atoms with E-state index in [0.29, 0.717) is 12.8 Å². The van der Waals surface area contributed by atoms with E-state index >= 15 is 0 Å². The van der Waals surface area contributed by atoms with Crippen LogP contribution in [0.2, 0.25) is 0 Å². The molecule has 0 spiro atoms. The van der Waals surface area contributed by atoms with Gasteiger partial charge in [0.15, 0.2) is 11.6 Å². The number of aliphatic hydroxyl groups excluding tert-OH is 2. The van der Waals surface area contributed by atoms with Crippen LogP contribution in [0.1, 0.15) is 49.3 Å². The third-order valence-electron chi connectivity index (χ3n) is 8.57. The van der Waals surface area contributed by atoms with Crippen LogP contribution in [0.25, 0.3) is 0 Å². The summed E-state index contributed by atoms with van der Waals surface area (Å²) in [6.07, 6.45) is 6.87. The predicted octanol–water partition coefficient (Wildman–Crippen LogP) is 1.65. The molecule has 0 aromatic heterocycles. The van der Waals surface area contributed by atoms with Crippen LogP contribution in [0.15, 0.2) is 23.8 Å². The maximum Gasteiger partial charge on any atom is 2.00 e. The first-order valence-electron chi connectivity index (χ1n) is 10.1. The number of Topliss-reactive ketones (excluding diaryl/α,β-unsaturated/α-hetero) is 1. The van der Waals surface area contributed by atoms with Crippen molar-refractivity contribution < 1.29 is 27.8 Å². The molecule has 6 heteroatoms. The Morgan fingerprint density at radius 3 is 2.68 bits per heavy atom. The van der Waals surface area contributed by atoms with Gasteiger partial charge in [0.2, 0.25) is 0 Å². The van der Waals surface area contributed by atoms with E-state index in [1.54, 1.807) is 12.2 Å². The van der Waals surface area contributed by atoms with E-state index in [2.05, 4.69) is 13.8 Å². The van der Waals surface area contributed by atoms with Crippen LogP contribution in [0.3, 0.4) is 0 Å². The molecule has 8 atom stereocenters. The van der Waals surface area contributed by atoms with Gasteiger partial charge < -0.3 is 18.2 Å². The van der Waals surface area contributed by atoms with Crippen LogP contribution in [0, 0.1) is 34.5 Å². The number of hydrogen-bond acceptors (Lipinski definition) is 5. The average molecular weight is 464 g/mol. The zero-order chi connectivity index (χ0) is 19.8. The SMILES string of the molecule is C[C@H]1C[C@@H]2[C@H]([C@@H](O)C[C@@]3(C)[C@H]2CC[C@]3(O)C(=O)CO)[C@@]2(C)C=CC(=O)C=C12.[H-].[H-].[Sr+2]. The van der Waals surface area contributed by atoms with Gasteiger partial charge >= 0.3 is 45.5 Å². The van der Waals surface area contributed by atoms with Crippen molar-refractivity contribution in [2.24, 2.45) is 34.5 Å². The smallest absolute Gasteiger partial charge is 1.00 e. The molecule has 28 heavy (non-hydrogen) atoms. The second-order valence-electron chi connectivity index (χ2n) is 9.72. The molecule has 152 valence electrons. The molecule has 4 aliphatic carbocycles. The number of carbonyl (C=O) groups is 2. The summed E-state index contributed by atoms with van der Waals surface area (Å²) in [5.41, 5.74) is -1.59. The van der Waals surface area contributed by atoms with Crippen LogP contribution in [-0.2, 0) is 9.59 Å². The van der Waals surface area contributed by atoms with Gasteiger partial charge in [-0.1, -0.05) is 32.4 Å². The average Bonchev–Trinajstić information content (AvgIpc) is 2.87. The summed E-state index contributed by atoms with van der Waals surface area (Å²) in [5.74, 6) is -0.0768. The molecule has 0 bridgehead atoms. The monoisotopic (exact) mass is 464 g/mol. The molecule has 0 aliphatic heterocycles. The molecule has 0 aromatic rings. The fourth-order valence-corrected chi connectivity index (χ4v) is 7.34. The number of allylic oxidation sites excluding steroid dienone is 4. The van der Waals surface area contributed by atoms with Crippen molar-refractivity contribution in [1.82, 2.24) is 0 Å². The number of fused-ring (bicyclic) bond motifs is 5. The maximum absolute atomic E-state index is 12.4. The Labute approximate surface area is 206 Å². The Morgan fingerprint density at radius 2 is 2.04 bits per heavy atom. The summed E-state index contributed by atoms with van der Waals surface area (Å²) in [4.78, 5) is 24.4. The summed E-state index contributed by atoms with van der Waals surface area (Å²) in [5, 5.41) is 31.9. The van der Waals surface area contributed by atoms with E-state index in [-0.39, 0.29) is 83.2 Å². The third-order valence-corrected chi connectivity index (χ3v) is 8.57. The molecule has 0 saturated heterocycles. The van der Waals surface area contributed by atoms with Crippen molar-refractivity contribution in [2.75, 3.05) is 6.61 Å². The summed E-state index contributed by atoms with van der Waals surface area (Å²) in [6, 6.07) is 0. The molecule has 3 N–H and O–H groups in total. The van der Waals surface area contributed by atoms with Gasteiger partial charge in [0.05, 0.1) is 6.10 Å². The minimum atomic E-state index is -1.57. The molecular weight excluding hydrogens is 432 g/mol. The number of rotatable bonds is 2. The van der Waals surface area contributed by atoms with Crippen molar-refractivity contribution in [2.45, 2.75) is 58.2 Å². The van der Waals surface area contributed by atoms with Gasteiger partial charge in [0.25, 0.3) is 0 Å². The zero-order valence-electron chi connectivity index (χ0n) is 19.0. The topological polar surface area (TPSA) is 94.8 Å². The Balaban J connectivity index is 0.00000150. The first-order chi connectivity index (χ1) is 12.6.